The molecule has 0 radical (unpaired) electrons. The fourth-order valence-electron chi connectivity index (χ4n) is 4.25. The minimum atomic E-state index is -0.708. The smallest absolute Gasteiger partial charge is 0.406 e. The summed E-state index contributed by atoms with van der Waals surface area (Å²) >= 11 is 3.27. The molecule has 11 heteroatoms. The second kappa shape index (κ2) is 9.81. The first-order chi connectivity index (χ1) is 17.3. The van der Waals surface area contributed by atoms with Crippen molar-refractivity contribution in [2.24, 2.45) is 13.0 Å². The third kappa shape index (κ3) is 5.30. The van der Waals surface area contributed by atoms with Crippen molar-refractivity contribution < 1.29 is 14.1 Å². The van der Waals surface area contributed by atoms with Gasteiger partial charge in [-0.15, -0.1) is 0 Å². The predicted octanol–water partition coefficient (Wildman–Crippen LogP) is 5.63. The van der Waals surface area contributed by atoms with E-state index < -0.39 is 22.7 Å². The van der Waals surface area contributed by atoms with Gasteiger partial charge >= 0.3 is 5.82 Å². The Morgan fingerprint density at radius 3 is 2.81 bits per heavy atom. The topological polar surface area (TPSA) is 101 Å². The van der Waals surface area contributed by atoms with Crippen LogP contribution in [0, 0.1) is 21.8 Å². The average Bonchev–Trinajstić information content (AvgIpc) is 3.41. The van der Waals surface area contributed by atoms with Gasteiger partial charge in [-0.25, -0.2) is 4.39 Å². The molecule has 1 aliphatic rings. The van der Waals surface area contributed by atoms with Crippen LogP contribution >= 0.6 is 15.9 Å². The number of ether oxygens (including phenoxy) is 1. The van der Waals surface area contributed by atoms with Crippen molar-refractivity contribution in [2.45, 2.75) is 38.8 Å². The number of benzene rings is 1. The molecule has 0 saturated heterocycles. The second-order valence-electron chi connectivity index (χ2n) is 9.08. The lowest BCUT2D eigenvalue weighted by molar-refractivity contribution is -0.390. The molecule has 186 valence electrons. The van der Waals surface area contributed by atoms with E-state index >= 15 is 0 Å². The van der Waals surface area contributed by atoms with Crippen LogP contribution in [0.1, 0.15) is 42.7 Å². The fourth-order valence-corrected chi connectivity index (χ4v) is 4.56. The Bertz CT molecular complexity index is 1430. The molecule has 1 saturated carbocycles. The summed E-state index contributed by atoms with van der Waals surface area (Å²) in [6.45, 7) is 2.66. The van der Waals surface area contributed by atoms with Crippen molar-refractivity contribution in [1.29, 1.82) is 0 Å². The second-order valence-corrected chi connectivity index (χ2v) is 9.99. The van der Waals surface area contributed by atoms with Gasteiger partial charge in [0.1, 0.15) is 11.9 Å². The molecule has 0 amide bonds. The number of halogens is 2. The molecule has 0 N–H and O–H groups in total. The Kier molecular flexibility index (Phi) is 6.57. The zero-order chi connectivity index (χ0) is 25.4. The lowest BCUT2D eigenvalue weighted by Gasteiger charge is -2.18. The Hall–Kier alpha value is -3.60. The van der Waals surface area contributed by atoms with Gasteiger partial charge in [0.2, 0.25) is 5.75 Å². The van der Waals surface area contributed by atoms with Gasteiger partial charge in [0, 0.05) is 49.6 Å². The van der Waals surface area contributed by atoms with E-state index in [1.165, 1.54) is 37.2 Å². The fraction of sp³-hybridized carbons (Fsp3) is 0.320. The standard InChI is InChI=1S/C25H24BrFN6O3/c1-15(36-24-8-18(26)11-28-25(24)33(34)35)21-9-19(27)5-6-20(21)22-14-31(2)30-23(22)7-17-10-29-32(13-17)12-16-3-4-16/h5-6,8-11,13-16H,3-4,7,12H2,1-2H3/t15-/m0/s1. The Morgan fingerprint density at radius 2 is 2.06 bits per heavy atom. The molecule has 5 rings (SSSR count). The maximum atomic E-state index is 14.4. The molecule has 1 fully saturated rings. The van der Waals surface area contributed by atoms with E-state index in [0.717, 1.165) is 34.8 Å². The number of hydrogen-bond donors (Lipinski definition) is 0. The summed E-state index contributed by atoms with van der Waals surface area (Å²) in [5.74, 6) is -0.125. The van der Waals surface area contributed by atoms with E-state index in [4.69, 9.17) is 4.74 Å². The number of hydrogen-bond acceptors (Lipinski definition) is 6. The monoisotopic (exact) mass is 554 g/mol. The van der Waals surface area contributed by atoms with Crippen LogP contribution in [-0.2, 0) is 20.0 Å². The zero-order valence-electron chi connectivity index (χ0n) is 19.8. The van der Waals surface area contributed by atoms with Gasteiger partial charge in [-0.05, 0) is 74.8 Å². The van der Waals surface area contributed by atoms with Crippen molar-refractivity contribution in [3.63, 3.8) is 0 Å². The lowest BCUT2D eigenvalue weighted by Crippen LogP contribution is -2.08. The van der Waals surface area contributed by atoms with Crippen LogP contribution in [0.4, 0.5) is 10.2 Å². The molecule has 1 atom stereocenters. The van der Waals surface area contributed by atoms with E-state index in [0.29, 0.717) is 16.5 Å². The summed E-state index contributed by atoms with van der Waals surface area (Å²) in [6, 6.07) is 5.95. The van der Waals surface area contributed by atoms with Gasteiger partial charge in [-0.2, -0.15) is 10.2 Å². The summed E-state index contributed by atoms with van der Waals surface area (Å²) in [5, 5.41) is 20.6. The van der Waals surface area contributed by atoms with Gasteiger partial charge in [0.05, 0.1) is 16.4 Å². The SMILES string of the molecule is C[C@H](Oc1cc(Br)cnc1[N+](=O)[O-])c1cc(F)ccc1-c1cn(C)nc1Cc1cnn(CC2CC2)c1. The van der Waals surface area contributed by atoms with E-state index in [-0.39, 0.29) is 5.75 Å². The van der Waals surface area contributed by atoms with Crippen molar-refractivity contribution in [1.82, 2.24) is 24.5 Å². The summed E-state index contributed by atoms with van der Waals surface area (Å²) in [7, 11) is 1.84. The third-order valence-corrected chi connectivity index (χ3v) is 6.56. The number of nitro groups is 1. The molecule has 3 aromatic heterocycles. The summed E-state index contributed by atoms with van der Waals surface area (Å²) < 4.78 is 24.6. The third-order valence-electron chi connectivity index (χ3n) is 6.12. The molecular formula is C25H24BrFN6O3. The highest BCUT2D eigenvalue weighted by molar-refractivity contribution is 9.10. The van der Waals surface area contributed by atoms with Gasteiger partial charge in [-0.1, -0.05) is 6.07 Å². The molecule has 0 aliphatic heterocycles. The normalized spacial score (nSPS) is 14.1. The lowest BCUT2D eigenvalue weighted by atomic mass is 9.95. The molecule has 9 nitrogen and oxygen atoms in total. The Balaban J connectivity index is 1.47. The summed E-state index contributed by atoms with van der Waals surface area (Å²) in [6.07, 6.45) is 9.49. The number of aryl methyl sites for hydroxylation is 1. The number of pyridine rings is 1. The van der Waals surface area contributed by atoms with Crippen LogP contribution in [0.25, 0.3) is 11.1 Å². The Labute approximate surface area is 215 Å². The minimum Gasteiger partial charge on any atom is -0.478 e. The first kappa shape index (κ1) is 24.1. The molecule has 36 heavy (non-hydrogen) atoms. The van der Waals surface area contributed by atoms with Crippen LogP contribution in [0.5, 0.6) is 5.75 Å². The number of aromatic nitrogens is 5. The quantitative estimate of drug-likeness (QED) is 0.196. The maximum Gasteiger partial charge on any atom is 0.406 e. The van der Waals surface area contributed by atoms with Crippen LogP contribution in [0.15, 0.2) is 53.5 Å². The first-order valence-electron chi connectivity index (χ1n) is 11.6. The van der Waals surface area contributed by atoms with Crippen LogP contribution in [0.2, 0.25) is 0 Å². The van der Waals surface area contributed by atoms with Crippen LogP contribution < -0.4 is 4.74 Å². The molecule has 0 unspecified atom stereocenters. The molecular weight excluding hydrogens is 531 g/mol. The molecule has 1 aromatic carbocycles. The predicted molar refractivity (Wildman–Crippen MR) is 134 cm³/mol. The molecule has 1 aliphatic carbocycles. The molecule has 0 spiro atoms. The highest BCUT2D eigenvalue weighted by atomic mass is 79.9. The van der Waals surface area contributed by atoms with Gasteiger partial charge in [0.25, 0.3) is 0 Å². The van der Waals surface area contributed by atoms with Gasteiger partial charge in [-0.3, -0.25) is 9.36 Å². The van der Waals surface area contributed by atoms with E-state index in [9.17, 15) is 14.5 Å². The molecule has 4 aromatic rings. The largest absolute Gasteiger partial charge is 0.478 e. The van der Waals surface area contributed by atoms with Crippen LogP contribution in [-0.4, -0.2) is 29.5 Å². The number of nitrogens with zero attached hydrogens (tertiary/aromatic N) is 6. The molecule has 3 heterocycles. The van der Waals surface area contributed by atoms with Crippen molar-refractivity contribution in [3.05, 3.63) is 86.3 Å². The highest BCUT2D eigenvalue weighted by Crippen LogP contribution is 2.37. The first-order valence-corrected chi connectivity index (χ1v) is 12.4. The zero-order valence-corrected chi connectivity index (χ0v) is 21.4. The van der Waals surface area contributed by atoms with Crippen LogP contribution in [0.3, 0.4) is 0 Å². The maximum absolute atomic E-state index is 14.4. The van der Waals surface area contributed by atoms with Gasteiger partial charge in [0.15, 0.2) is 6.20 Å². The summed E-state index contributed by atoms with van der Waals surface area (Å²) in [4.78, 5) is 14.7. The van der Waals surface area contributed by atoms with E-state index in [2.05, 4.69) is 31.1 Å². The van der Waals surface area contributed by atoms with Gasteiger partial charge < -0.3 is 14.9 Å². The van der Waals surface area contributed by atoms with Crippen molar-refractivity contribution in [2.75, 3.05) is 0 Å². The Morgan fingerprint density at radius 1 is 1.25 bits per heavy atom. The van der Waals surface area contributed by atoms with E-state index in [1.807, 2.05) is 30.3 Å². The number of rotatable bonds is 9. The minimum absolute atomic E-state index is 0.00780. The average molecular weight is 555 g/mol. The highest BCUT2D eigenvalue weighted by Gasteiger charge is 2.25. The van der Waals surface area contributed by atoms with E-state index in [1.54, 1.807) is 17.7 Å². The summed E-state index contributed by atoms with van der Waals surface area (Å²) in [5.41, 5.74) is 3.98. The van der Waals surface area contributed by atoms with Crippen molar-refractivity contribution in [3.8, 4) is 16.9 Å². The van der Waals surface area contributed by atoms with Crippen molar-refractivity contribution >= 4 is 21.7 Å². The molecule has 0 bridgehead atoms.